The largest absolute Gasteiger partial charge is 0.0843 e. The minimum absolute atomic E-state index is 0.771. The molecular weight excluding hydrogens is 386 g/mol. The van der Waals surface area contributed by atoms with Gasteiger partial charge in [-0.3, -0.25) is 0 Å². The van der Waals surface area contributed by atoms with E-state index in [-0.39, 0.29) is 0 Å². The van der Waals surface area contributed by atoms with Crippen molar-refractivity contribution in [3.63, 3.8) is 0 Å². The zero-order valence-electron chi connectivity index (χ0n) is 7.83. The smallest absolute Gasteiger partial charge is 0.0406 e. The third-order valence-corrected chi connectivity index (χ3v) is 3.04. The van der Waals surface area contributed by atoms with E-state index in [1.165, 1.54) is 3.57 Å². The van der Waals surface area contributed by atoms with Crippen LogP contribution in [-0.2, 0) is 0 Å². The summed E-state index contributed by atoms with van der Waals surface area (Å²) in [7, 11) is 0. The number of hydrogen-bond donors (Lipinski definition) is 0. The Kier molecular flexibility index (Phi) is 6.29. The molecule has 0 heterocycles. The van der Waals surface area contributed by atoms with Gasteiger partial charge in [0.2, 0.25) is 0 Å². The van der Waals surface area contributed by atoms with Crippen LogP contribution in [0.25, 0.3) is 0 Å². The normalized spacial score (nSPS) is 9.00. The molecule has 0 fully saturated rings. The Morgan fingerprint density at radius 1 is 0.867 bits per heavy atom. The molecule has 2 aromatic rings. The molecule has 0 aliphatic carbocycles. The summed E-state index contributed by atoms with van der Waals surface area (Å²) in [6, 6.07) is 17.7. The fourth-order valence-corrected chi connectivity index (χ4v) is 1.65. The van der Waals surface area contributed by atoms with Crippen LogP contribution in [0, 0.1) is 3.57 Å². The zero-order valence-corrected chi connectivity index (χ0v) is 12.3. The molecule has 2 aromatic carbocycles. The molecule has 0 aliphatic heterocycles. The highest BCUT2D eigenvalue weighted by molar-refractivity contribution is 14.1. The summed E-state index contributed by atoms with van der Waals surface area (Å²) in [4.78, 5) is 0. The van der Waals surface area contributed by atoms with Crippen LogP contribution in [0.3, 0.4) is 0 Å². The van der Waals surface area contributed by atoms with Crippen LogP contribution in [0.15, 0.2) is 59.1 Å². The second kappa shape index (κ2) is 7.25. The van der Waals surface area contributed by atoms with Crippen LogP contribution in [0.2, 0.25) is 5.02 Å². The van der Waals surface area contributed by atoms with E-state index < -0.39 is 0 Å². The summed E-state index contributed by atoms with van der Waals surface area (Å²) < 4.78 is 2.35. The van der Waals surface area contributed by atoms with Crippen molar-refractivity contribution in [2.45, 2.75) is 0 Å². The second-order valence-electron chi connectivity index (χ2n) is 2.73. The van der Waals surface area contributed by atoms with Gasteiger partial charge in [-0.15, -0.1) is 0 Å². The predicted molar refractivity (Wildman–Crippen MR) is 78.3 cm³/mol. The third-order valence-electron chi connectivity index (χ3n) is 1.54. The van der Waals surface area contributed by atoms with Crippen LogP contribution in [0.4, 0.5) is 0 Å². The fourth-order valence-electron chi connectivity index (χ4n) is 0.844. The average Bonchev–Trinajstić information content (AvgIpc) is 2.25. The second-order valence-corrected chi connectivity index (χ2v) is 5.33. The Labute approximate surface area is 117 Å². The number of rotatable bonds is 0. The summed E-state index contributed by atoms with van der Waals surface area (Å²) in [5.74, 6) is 0. The first-order valence-electron chi connectivity index (χ1n) is 4.30. The Morgan fingerprint density at radius 3 is 1.73 bits per heavy atom. The highest BCUT2D eigenvalue weighted by atomic mass is 127. The number of halogens is 3. The van der Waals surface area contributed by atoms with Crippen molar-refractivity contribution in [3.8, 4) is 0 Å². The van der Waals surface area contributed by atoms with Crippen molar-refractivity contribution < 1.29 is 0 Å². The Morgan fingerprint density at radius 2 is 1.40 bits per heavy atom. The van der Waals surface area contributed by atoms with Gasteiger partial charge in [-0.25, -0.2) is 0 Å². The lowest BCUT2D eigenvalue weighted by Crippen LogP contribution is -1.61. The first kappa shape index (κ1) is 13.0. The number of hydrogen-bond acceptors (Lipinski definition) is 0. The van der Waals surface area contributed by atoms with Crippen molar-refractivity contribution in [1.82, 2.24) is 0 Å². The van der Waals surface area contributed by atoms with Gasteiger partial charge in [0.25, 0.3) is 0 Å². The van der Waals surface area contributed by atoms with Gasteiger partial charge in [0.1, 0.15) is 0 Å². The molecule has 3 heteroatoms. The highest BCUT2D eigenvalue weighted by Crippen LogP contribution is 2.13. The molecule has 0 unspecified atom stereocenters. The topological polar surface area (TPSA) is 0 Å². The van der Waals surface area contributed by atoms with Gasteiger partial charge in [-0.1, -0.05) is 45.7 Å². The van der Waals surface area contributed by atoms with Gasteiger partial charge in [0.05, 0.1) is 0 Å². The first-order chi connectivity index (χ1) is 7.18. The molecule has 0 bridgehead atoms. The Balaban J connectivity index is 0.000000151. The summed E-state index contributed by atoms with van der Waals surface area (Å²) in [5, 5.41) is 0.771. The third kappa shape index (κ3) is 6.17. The minimum atomic E-state index is 0.771. The van der Waals surface area contributed by atoms with E-state index in [2.05, 4.69) is 50.7 Å². The fraction of sp³-hybridized carbons (Fsp3) is 0. The summed E-state index contributed by atoms with van der Waals surface area (Å²) in [5.41, 5.74) is 0. The van der Waals surface area contributed by atoms with E-state index in [1.807, 2.05) is 42.5 Å². The summed E-state index contributed by atoms with van der Waals surface area (Å²) in [6.07, 6.45) is 0. The molecule has 0 N–H and O–H groups in total. The molecule has 2 rings (SSSR count). The van der Waals surface area contributed by atoms with Crippen molar-refractivity contribution in [3.05, 3.63) is 67.7 Å². The maximum atomic E-state index is 5.59. The monoisotopic (exact) mass is 394 g/mol. The van der Waals surface area contributed by atoms with Gasteiger partial charge < -0.3 is 0 Å². The molecule has 0 atom stereocenters. The van der Waals surface area contributed by atoms with Gasteiger partial charge in [-0.05, 0) is 59.0 Å². The Hall–Kier alpha value is -0.0600. The average molecular weight is 395 g/mol. The highest BCUT2D eigenvalue weighted by Gasteiger charge is 1.83. The molecule has 0 spiro atoms. The van der Waals surface area contributed by atoms with E-state index in [0.717, 1.165) is 9.50 Å². The quantitative estimate of drug-likeness (QED) is 0.525. The lowest BCUT2D eigenvalue weighted by molar-refractivity contribution is 1.65. The number of benzene rings is 2. The molecule has 0 saturated heterocycles. The molecule has 0 aromatic heterocycles. The molecule has 0 aliphatic rings. The molecule has 0 saturated carbocycles. The van der Waals surface area contributed by atoms with Gasteiger partial charge in [-0.2, -0.15) is 0 Å². The predicted octanol–water partition coefficient (Wildman–Crippen LogP) is 5.39. The standard InChI is InChI=1S/C6H4BrCl.C6H5I/c7-5-1-3-6(8)4-2-5;7-6-4-2-1-3-5-6/h1-4H;1-5H. The maximum Gasteiger partial charge on any atom is 0.0406 e. The van der Waals surface area contributed by atoms with E-state index in [4.69, 9.17) is 11.6 Å². The van der Waals surface area contributed by atoms with Crippen molar-refractivity contribution in [2.24, 2.45) is 0 Å². The molecule has 0 amide bonds. The molecule has 15 heavy (non-hydrogen) atoms. The minimum Gasteiger partial charge on any atom is -0.0843 e. The molecule has 0 radical (unpaired) electrons. The van der Waals surface area contributed by atoms with E-state index >= 15 is 0 Å². The Bertz CT molecular complexity index is 365. The summed E-state index contributed by atoms with van der Waals surface area (Å²) >= 11 is 11.2. The SMILES string of the molecule is Clc1ccc(Br)cc1.Ic1ccccc1. The lowest BCUT2D eigenvalue weighted by atomic mass is 10.4. The van der Waals surface area contributed by atoms with E-state index in [9.17, 15) is 0 Å². The van der Waals surface area contributed by atoms with E-state index in [0.29, 0.717) is 0 Å². The first-order valence-corrected chi connectivity index (χ1v) is 6.55. The van der Waals surface area contributed by atoms with Crippen LogP contribution in [-0.4, -0.2) is 0 Å². The maximum absolute atomic E-state index is 5.59. The molecular formula is C12H9BrClI. The van der Waals surface area contributed by atoms with Crippen molar-refractivity contribution >= 4 is 50.1 Å². The zero-order chi connectivity index (χ0) is 11.1. The van der Waals surface area contributed by atoms with Gasteiger partial charge in [0, 0.05) is 13.1 Å². The summed E-state index contributed by atoms with van der Waals surface area (Å²) in [6.45, 7) is 0. The van der Waals surface area contributed by atoms with Crippen LogP contribution in [0.1, 0.15) is 0 Å². The van der Waals surface area contributed by atoms with Crippen LogP contribution >= 0.6 is 50.1 Å². The lowest BCUT2D eigenvalue weighted by Gasteiger charge is -1.86. The van der Waals surface area contributed by atoms with Gasteiger partial charge >= 0.3 is 0 Å². The van der Waals surface area contributed by atoms with Gasteiger partial charge in [0.15, 0.2) is 0 Å². The van der Waals surface area contributed by atoms with Crippen molar-refractivity contribution in [2.75, 3.05) is 0 Å². The van der Waals surface area contributed by atoms with Crippen LogP contribution < -0.4 is 0 Å². The van der Waals surface area contributed by atoms with Crippen LogP contribution in [0.5, 0.6) is 0 Å². The molecule has 0 nitrogen and oxygen atoms in total. The molecule has 78 valence electrons. The van der Waals surface area contributed by atoms with Crippen molar-refractivity contribution in [1.29, 1.82) is 0 Å². The van der Waals surface area contributed by atoms with E-state index in [1.54, 1.807) is 0 Å².